The van der Waals surface area contributed by atoms with Crippen LogP contribution in [0.5, 0.6) is 11.5 Å². The Bertz CT molecular complexity index is 1380. The summed E-state index contributed by atoms with van der Waals surface area (Å²) >= 11 is 0. The maximum atomic E-state index is 12.7. The lowest BCUT2D eigenvalue weighted by molar-refractivity contribution is 0.0941. The molecular weight excluding hydrogens is 468 g/mol. The highest BCUT2D eigenvalue weighted by atomic mass is 16.3. The van der Waals surface area contributed by atoms with Crippen LogP contribution in [0.15, 0.2) is 72.8 Å². The van der Waals surface area contributed by atoms with Crippen molar-refractivity contribution >= 4 is 5.91 Å². The Kier molecular flexibility index (Phi) is 7.16. The summed E-state index contributed by atoms with van der Waals surface area (Å²) in [6.07, 6.45) is 0. The smallest absolute Gasteiger partial charge is 0.251 e. The summed E-state index contributed by atoms with van der Waals surface area (Å²) in [7, 11) is 2.12. The molecule has 3 aromatic carbocycles. The molecule has 37 heavy (non-hydrogen) atoms. The fourth-order valence-corrected chi connectivity index (χ4v) is 4.36. The number of amides is 1. The topological polar surface area (TPSA) is 107 Å². The second-order valence-corrected chi connectivity index (χ2v) is 9.15. The van der Waals surface area contributed by atoms with E-state index < -0.39 is 0 Å². The first-order valence-electron chi connectivity index (χ1n) is 12.3. The Labute approximate surface area is 215 Å². The normalized spacial score (nSPS) is 14.5. The Balaban J connectivity index is 1.36. The van der Waals surface area contributed by atoms with Crippen molar-refractivity contribution in [2.75, 3.05) is 46.3 Å². The van der Waals surface area contributed by atoms with E-state index in [1.54, 1.807) is 71.4 Å². The van der Waals surface area contributed by atoms with Crippen LogP contribution in [-0.4, -0.2) is 87.0 Å². The molecule has 0 unspecified atom stereocenters. The van der Waals surface area contributed by atoms with E-state index in [1.807, 2.05) is 6.07 Å². The quantitative estimate of drug-likeness (QED) is 0.360. The minimum atomic E-state index is -0.130. The van der Waals surface area contributed by atoms with Crippen molar-refractivity contribution in [2.45, 2.75) is 0 Å². The van der Waals surface area contributed by atoms with Gasteiger partial charge >= 0.3 is 0 Å². The fraction of sp³-hybridized carbons (Fsp3) is 0.250. The molecule has 9 heteroatoms. The van der Waals surface area contributed by atoms with E-state index in [-0.39, 0.29) is 17.4 Å². The van der Waals surface area contributed by atoms with Gasteiger partial charge in [-0.25, -0.2) is 9.67 Å². The minimum Gasteiger partial charge on any atom is -0.507 e. The van der Waals surface area contributed by atoms with Crippen LogP contribution < -0.4 is 5.32 Å². The maximum Gasteiger partial charge on any atom is 0.251 e. The zero-order valence-electron chi connectivity index (χ0n) is 20.7. The van der Waals surface area contributed by atoms with Crippen molar-refractivity contribution in [1.29, 1.82) is 0 Å². The molecule has 190 valence electrons. The molecule has 0 aliphatic carbocycles. The van der Waals surface area contributed by atoms with Crippen LogP contribution in [0.25, 0.3) is 28.5 Å². The van der Waals surface area contributed by atoms with Crippen LogP contribution in [0.2, 0.25) is 0 Å². The summed E-state index contributed by atoms with van der Waals surface area (Å²) in [5, 5.41) is 28.5. The van der Waals surface area contributed by atoms with Crippen LogP contribution in [0.3, 0.4) is 0 Å². The first kappa shape index (κ1) is 24.5. The highest BCUT2D eigenvalue weighted by Crippen LogP contribution is 2.33. The summed E-state index contributed by atoms with van der Waals surface area (Å²) < 4.78 is 1.60. The van der Waals surface area contributed by atoms with E-state index >= 15 is 0 Å². The Morgan fingerprint density at radius 2 is 1.49 bits per heavy atom. The molecular formula is C28H30N6O3. The predicted molar refractivity (Wildman–Crippen MR) is 142 cm³/mol. The third-order valence-corrected chi connectivity index (χ3v) is 6.58. The summed E-state index contributed by atoms with van der Waals surface area (Å²) in [5.74, 6) is 0.737. The van der Waals surface area contributed by atoms with Gasteiger partial charge in [0.05, 0.1) is 16.8 Å². The zero-order chi connectivity index (χ0) is 25.8. The largest absolute Gasteiger partial charge is 0.507 e. The Morgan fingerprint density at radius 3 is 2.14 bits per heavy atom. The van der Waals surface area contributed by atoms with Gasteiger partial charge in [0.2, 0.25) is 0 Å². The number of nitrogens with one attached hydrogen (secondary N) is 1. The predicted octanol–water partition coefficient (Wildman–Crippen LogP) is 2.99. The van der Waals surface area contributed by atoms with Crippen molar-refractivity contribution < 1.29 is 15.0 Å². The molecule has 9 nitrogen and oxygen atoms in total. The number of aromatic nitrogens is 3. The monoisotopic (exact) mass is 498 g/mol. The molecule has 0 radical (unpaired) electrons. The van der Waals surface area contributed by atoms with Crippen molar-refractivity contribution in [1.82, 2.24) is 29.9 Å². The standard InChI is InChI=1S/C28H30N6O3/c1-32-16-18-33(19-17-32)15-14-29-28(37)20-10-12-21(13-11-20)34-27(23-7-3-5-9-25(23)36)30-26(31-34)22-6-2-4-8-24(22)35/h2-13,35-36H,14-19H2,1H3,(H,29,37). The fourth-order valence-electron chi connectivity index (χ4n) is 4.36. The van der Waals surface area contributed by atoms with E-state index in [2.05, 4.69) is 32.2 Å². The van der Waals surface area contributed by atoms with Crippen molar-refractivity contribution in [2.24, 2.45) is 0 Å². The Morgan fingerprint density at radius 1 is 0.865 bits per heavy atom. The zero-order valence-corrected chi connectivity index (χ0v) is 20.7. The van der Waals surface area contributed by atoms with Crippen LogP contribution in [0.1, 0.15) is 10.4 Å². The number of likely N-dealkylation sites (N-methyl/N-ethyl adjacent to an activating group) is 1. The van der Waals surface area contributed by atoms with Crippen LogP contribution in [-0.2, 0) is 0 Å². The average Bonchev–Trinajstić information content (AvgIpc) is 3.35. The number of phenols is 2. The second kappa shape index (κ2) is 10.8. The van der Waals surface area contributed by atoms with Crippen LogP contribution >= 0.6 is 0 Å². The summed E-state index contributed by atoms with van der Waals surface area (Å²) in [5.41, 5.74) is 2.20. The lowest BCUT2D eigenvalue weighted by Crippen LogP contribution is -2.46. The molecule has 2 heterocycles. The number of benzene rings is 3. The molecule has 1 aromatic heterocycles. The summed E-state index contributed by atoms with van der Waals surface area (Å²) in [4.78, 5) is 22.0. The molecule has 5 rings (SSSR count). The van der Waals surface area contributed by atoms with Crippen molar-refractivity contribution in [3.63, 3.8) is 0 Å². The SMILES string of the molecule is CN1CCN(CCNC(=O)c2ccc(-n3nc(-c4ccccc4O)nc3-c3ccccc3O)cc2)CC1. The minimum absolute atomic E-state index is 0.0621. The average molecular weight is 499 g/mol. The van der Waals surface area contributed by atoms with E-state index in [0.29, 0.717) is 40.6 Å². The van der Waals surface area contributed by atoms with Crippen molar-refractivity contribution in [3.8, 4) is 40.0 Å². The van der Waals surface area contributed by atoms with Gasteiger partial charge in [0, 0.05) is 44.8 Å². The van der Waals surface area contributed by atoms with Gasteiger partial charge in [0.1, 0.15) is 11.5 Å². The molecule has 0 bridgehead atoms. The lowest BCUT2D eigenvalue weighted by atomic mass is 10.1. The maximum absolute atomic E-state index is 12.7. The van der Waals surface area contributed by atoms with E-state index in [4.69, 9.17) is 0 Å². The third-order valence-electron chi connectivity index (χ3n) is 6.58. The van der Waals surface area contributed by atoms with Gasteiger partial charge in [-0.2, -0.15) is 0 Å². The number of carbonyl (C=O) groups is 1. The van der Waals surface area contributed by atoms with E-state index in [1.165, 1.54) is 0 Å². The molecule has 1 amide bonds. The number of aromatic hydroxyl groups is 2. The van der Waals surface area contributed by atoms with Crippen molar-refractivity contribution in [3.05, 3.63) is 78.4 Å². The molecule has 0 spiro atoms. The molecule has 1 aliphatic rings. The molecule has 1 aliphatic heterocycles. The lowest BCUT2D eigenvalue weighted by Gasteiger charge is -2.32. The molecule has 0 saturated carbocycles. The van der Waals surface area contributed by atoms with Gasteiger partial charge in [-0.1, -0.05) is 24.3 Å². The summed E-state index contributed by atoms with van der Waals surface area (Å²) in [6.45, 7) is 5.55. The van der Waals surface area contributed by atoms with E-state index in [9.17, 15) is 15.0 Å². The van der Waals surface area contributed by atoms with E-state index in [0.717, 1.165) is 32.7 Å². The number of rotatable bonds is 7. The van der Waals surface area contributed by atoms with Crippen LogP contribution in [0, 0.1) is 0 Å². The number of phenolic OH excluding ortho intramolecular Hbond substituents is 2. The number of hydrogen-bond donors (Lipinski definition) is 3. The number of carbonyl (C=O) groups excluding carboxylic acids is 1. The van der Waals surface area contributed by atoms with Gasteiger partial charge in [-0.3, -0.25) is 9.69 Å². The second-order valence-electron chi connectivity index (χ2n) is 9.15. The van der Waals surface area contributed by atoms with Gasteiger partial charge in [0.25, 0.3) is 5.91 Å². The molecule has 0 atom stereocenters. The third kappa shape index (κ3) is 5.47. The number of piperazine rings is 1. The Hall–Kier alpha value is -4.21. The molecule has 4 aromatic rings. The number of para-hydroxylation sites is 2. The summed E-state index contributed by atoms with van der Waals surface area (Å²) in [6, 6.07) is 20.8. The highest BCUT2D eigenvalue weighted by Gasteiger charge is 2.19. The van der Waals surface area contributed by atoms with Gasteiger partial charge in [0.15, 0.2) is 11.6 Å². The van der Waals surface area contributed by atoms with Gasteiger partial charge in [-0.05, 0) is 55.6 Å². The first-order chi connectivity index (χ1) is 18.0. The number of nitrogens with zero attached hydrogens (tertiary/aromatic N) is 5. The highest BCUT2D eigenvalue weighted by molar-refractivity contribution is 5.94. The molecule has 1 saturated heterocycles. The van der Waals surface area contributed by atoms with Gasteiger partial charge in [-0.15, -0.1) is 5.10 Å². The van der Waals surface area contributed by atoms with Crippen LogP contribution in [0.4, 0.5) is 0 Å². The first-order valence-corrected chi connectivity index (χ1v) is 12.3. The number of hydrogen-bond acceptors (Lipinski definition) is 7. The molecule has 3 N–H and O–H groups in total. The molecule has 1 fully saturated rings. The van der Waals surface area contributed by atoms with Gasteiger partial charge < -0.3 is 20.4 Å².